The van der Waals surface area contributed by atoms with E-state index in [0.29, 0.717) is 24.6 Å². The Morgan fingerprint density at radius 2 is 2.40 bits per heavy atom. The van der Waals surface area contributed by atoms with E-state index in [-0.39, 0.29) is 24.2 Å². The molecule has 0 aliphatic carbocycles. The summed E-state index contributed by atoms with van der Waals surface area (Å²) in [5.41, 5.74) is 7.85. The number of carbonyl (C=O) groups excluding carboxylic acids is 1. The molecule has 2 atom stereocenters. The first-order valence-electron chi connectivity index (χ1n) is 8.23. The number of nitrogen functional groups attached to an aromatic ring is 1. The maximum atomic E-state index is 12.1. The van der Waals surface area contributed by atoms with Crippen LogP contribution in [0.1, 0.15) is 25.3 Å². The SMILES string of the molecule is CC1CCN(C(=O)CC#N)CC1Nc1c(C(=N)N)cnn2cccc12. The molecule has 0 spiro atoms. The van der Waals surface area contributed by atoms with E-state index in [1.807, 2.05) is 24.4 Å². The number of nitrogens with two attached hydrogens (primary N) is 1. The van der Waals surface area contributed by atoms with Crippen LogP contribution in [0.2, 0.25) is 0 Å². The fourth-order valence-electron chi connectivity index (χ4n) is 3.20. The summed E-state index contributed by atoms with van der Waals surface area (Å²) in [7, 11) is 0. The zero-order chi connectivity index (χ0) is 18.0. The van der Waals surface area contributed by atoms with Crippen LogP contribution in [-0.2, 0) is 4.79 Å². The van der Waals surface area contributed by atoms with E-state index >= 15 is 0 Å². The lowest BCUT2D eigenvalue weighted by molar-refractivity contribution is -0.131. The highest BCUT2D eigenvalue weighted by atomic mass is 16.2. The van der Waals surface area contributed by atoms with Gasteiger partial charge in [0.1, 0.15) is 12.3 Å². The second kappa shape index (κ2) is 6.81. The number of hydrogen-bond acceptors (Lipinski definition) is 5. The third-order valence-corrected chi connectivity index (χ3v) is 4.73. The molecule has 0 saturated carbocycles. The molecule has 0 aromatic carbocycles. The quantitative estimate of drug-likeness (QED) is 0.570. The average molecular weight is 339 g/mol. The number of nitrogens with zero attached hydrogens (tertiary/aromatic N) is 4. The minimum Gasteiger partial charge on any atom is -0.384 e. The smallest absolute Gasteiger partial charge is 0.236 e. The van der Waals surface area contributed by atoms with Gasteiger partial charge in [0.15, 0.2) is 0 Å². The van der Waals surface area contributed by atoms with Gasteiger partial charge in [0.05, 0.1) is 29.0 Å². The van der Waals surface area contributed by atoms with E-state index in [1.54, 1.807) is 15.6 Å². The fraction of sp³-hybridized carbons (Fsp3) is 0.412. The van der Waals surface area contributed by atoms with Gasteiger partial charge in [-0.3, -0.25) is 10.2 Å². The van der Waals surface area contributed by atoms with Crippen molar-refractivity contribution < 1.29 is 4.79 Å². The van der Waals surface area contributed by atoms with Crippen molar-refractivity contribution in [1.82, 2.24) is 14.5 Å². The van der Waals surface area contributed by atoms with E-state index in [1.165, 1.54) is 0 Å². The van der Waals surface area contributed by atoms with E-state index in [0.717, 1.165) is 17.6 Å². The van der Waals surface area contributed by atoms with E-state index < -0.39 is 0 Å². The molecule has 4 N–H and O–H groups in total. The number of piperidine rings is 1. The van der Waals surface area contributed by atoms with Crippen molar-refractivity contribution >= 4 is 22.9 Å². The van der Waals surface area contributed by atoms with Crippen LogP contribution >= 0.6 is 0 Å². The highest BCUT2D eigenvalue weighted by Crippen LogP contribution is 2.27. The normalized spacial score (nSPS) is 20.2. The number of rotatable bonds is 4. The maximum Gasteiger partial charge on any atom is 0.236 e. The molecule has 3 heterocycles. The Bertz CT molecular complexity index is 850. The Morgan fingerprint density at radius 1 is 1.60 bits per heavy atom. The van der Waals surface area contributed by atoms with Gasteiger partial charge in [-0.05, 0) is 24.5 Å². The Balaban J connectivity index is 1.90. The first-order valence-corrected chi connectivity index (χ1v) is 8.23. The van der Waals surface area contributed by atoms with Gasteiger partial charge < -0.3 is 16.0 Å². The number of aromatic nitrogens is 2. The molecule has 2 unspecified atom stereocenters. The molecule has 1 saturated heterocycles. The van der Waals surface area contributed by atoms with Crippen LogP contribution < -0.4 is 11.1 Å². The first kappa shape index (κ1) is 16.8. The number of carbonyl (C=O) groups is 1. The Labute approximate surface area is 145 Å². The van der Waals surface area contributed by atoms with Crippen LogP contribution in [0.4, 0.5) is 5.69 Å². The molecule has 8 heteroatoms. The molecular weight excluding hydrogens is 318 g/mol. The molecule has 0 bridgehead atoms. The summed E-state index contributed by atoms with van der Waals surface area (Å²) in [5.74, 6) is 0.143. The summed E-state index contributed by atoms with van der Waals surface area (Å²) >= 11 is 0. The predicted octanol–water partition coefficient (Wildman–Crippen LogP) is 1.18. The fourth-order valence-corrected chi connectivity index (χ4v) is 3.20. The van der Waals surface area contributed by atoms with Crippen molar-refractivity contribution in [3.8, 4) is 6.07 Å². The van der Waals surface area contributed by atoms with Crippen LogP contribution in [0.5, 0.6) is 0 Å². The number of amides is 1. The standard InChI is InChI=1S/C17H21N7O/c1-11-5-8-23(15(25)4-6-18)10-13(11)22-16-12(17(19)20)9-21-24-7-2-3-14(16)24/h2-3,7,9,11,13,22H,4-5,8,10H2,1H3,(H3,19,20). The molecular formula is C17H21N7O. The molecule has 1 aliphatic heterocycles. The van der Waals surface area contributed by atoms with Crippen molar-refractivity contribution in [3.05, 3.63) is 30.1 Å². The highest BCUT2D eigenvalue weighted by molar-refractivity contribution is 6.03. The van der Waals surface area contributed by atoms with E-state index in [2.05, 4.69) is 17.3 Å². The third kappa shape index (κ3) is 3.26. The number of amidine groups is 1. The number of nitriles is 1. The van der Waals surface area contributed by atoms with Gasteiger partial charge >= 0.3 is 0 Å². The van der Waals surface area contributed by atoms with Crippen molar-refractivity contribution in [2.75, 3.05) is 18.4 Å². The Morgan fingerprint density at radius 3 is 3.12 bits per heavy atom. The van der Waals surface area contributed by atoms with Crippen LogP contribution in [-0.4, -0.2) is 45.4 Å². The summed E-state index contributed by atoms with van der Waals surface area (Å²) in [4.78, 5) is 13.8. The lowest BCUT2D eigenvalue weighted by Gasteiger charge is -2.38. The molecule has 0 radical (unpaired) electrons. The van der Waals surface area contributed by atoms with Gasteiger partial charge in [-0.25, -0.2) is 4.52 Å². The van der Waals surface area contributed by atoms with Crippen LogP contribution in [0, 0.1) is 22.7 Å². The van der Waals surface area contributed by atoms with Gasteiger partial charge in [-0.15, -0.1) is 0 Å². The summed E-state index contributed by atoms with van der Waals surface area (Å²) < 4.78 is 1.72. The number of anilines is 1. The minimum atomic E-state index is -0.143. The van der Waals surface area contributed by atoms with Crippen molar-refractivity contribution in [1.29, 1.82) is 10.7 Å². The number of nitrogens with one attached hydrogen (secondary N) is 2. The number of likely N-dealkylation sites (tertiary alicyclic amines) is 1. The molecule has 2 aromatic heterocycles. The zero-order valence-corrected chi connectivity index (χ0v) is 14.1. The Hall–Kier alpha value is -3.08. The molecule has 8 nitrogen and oxygen atoms in total. The largest absolute Gasteiger partial charge is 0.384 e. The molecule has 1 amide bonds. The van der Waals surface area contributed by atoms with E-state index in [4.69, 9.17) is 16.4 Å². The molecule has 2 aromatic rings. The summed E-state index contributed by atoms with van der Waals surface area (Å²) in [6, 6.07) is 5.72. The topological polar surface area (TPSA) is 123 Å². The van der Waals surface area contributed by atoms with Gasteiger partial charge in [0.2, 0.25) is 5.91 Å². The second-order valence-electron chi connectivity index (χ2n) is 6.38. The van der Waals surface area contributed by atoms with Crippen LogP contribution in [0.15, 0.2) is 24.5 Å². The summed E-state index contributed by atoms with van der Waals surface area (Å²) in [5, 5.41) is 24.3. The maximum absolute atomic E-state index is 12.1. The lowest BCUT2D eigenvalue weighted by atomic mass is 9.92. The van der Waals surface area contributed by atoms with Crippen molar-refractivity contribution in [2.24, 2.45) is 11.7 Å². The van der Waals surface area contributed by atoms with Gasteiger partial charge in [-0.2, -0.15) is 10.4 Å². The molecule has 3 rings (SSSR count). The highest BCUT2D eigenvalue weighted by Gasteiger charge is 2.29. The summed E-state index contributed by atoms with van der Waals surface area (Å²) in [6.07, 6.45) is 4.16. The van der Waals surface area contributed by atoms with E-state index in [9.17, 15) is 4.79 Å². The van der Waals surface area contributed by atoms with Crippen molar-refractivity contribution in [3.63, 3.8) is 0 Å². The molecule has 25 heavy (non-hydrogen) atoms. The van der Waals surface area contributed by atoms with Gasteiger partial charge in [0.25, 0.3) is 0 Å². The first-order chi connectivity index (χ1) is 12.0. The molecule has 1 fully saturated rings. The average Bonchev–Trinajstić information content (AvgIpc) is 3.06. The number of hydrogen-bond donors (Lipinski definition) is 3. The monoisotopic (exact) mass is 339 g/mol. The second-order valence-corrected chi connectivity index (χ2v) is 6.38. The zero-order valence-electron chi connectivity index (χ0n) is 14.1. The van der Waals surface area contributed by atoms with Crippen LogP contribution in [0.25, 0.3) is 5.52 Å². The molecule has 1 aliphatic rings. The summed E-state index contributed by atoms with van der Waals surface area (Å²) in [6.45, 7) is 3.32. The van der Waals surface area contributed by atoms with Crippen molar-refractivity contribution in [2.45, 2.75) is 25.8 Å². The van der Waals surface area contributed by atoms with Crippen LogP contribution in [0.3, 0.4) is 0 Å². The third-order valence-electron chi connectivity index (χ3n) is 4.73. The minimum absolute atomic E-state index is 0.00981. The van der Waals surface area contributed by atoms with Gasteiger partial charge in [0, 0.05) is 25.3 Å². The predicted molar refractivity (Wildman–Crippen MR) is 94.2 cm³/mol. The number of fused-ring (bicyclic) bond motifs is 1. The lowest BCUT2D eigenvalue weighted by Crippen LogP contribution is -2.49. The molecule has 130 valence electrons. The Kier molecular flexibility index (Phi) is 4.57. The van der Waals surface area contributed by atoms with Gasteiger partial charge in [-0.1, -0.05) is 6.92 Å².